The smallest absolute Gasteiger partial charge is 0.226 e. The van der Waals surface area contributed by atoms with Crippen LogP contribution >= 0.6 is 0 Å². The molecule has 1 aromatic heterocycles. The van der Waals surface area contributed by atoms with Gasteiger partial charge in [0, 0.05) is 31.7 Å². The van der Waals surface area contributed by atoms with Crippen LogP contribution in [0.15, 0.2) is 28.8 Å². The van der Waals surface area contributed by atoms with E-state index < -0.39 is 0 Å². The first kappa shape index (κ1) is 15.6. The number of nitrogens with one attached hydrogen (secondary N) is 1. The summed E-state index contributed by atoms with van der Waals surface area (Å²) in [5.74, 6) is 1.49. The number of hydrogen-bond acceptors (Lipinski definition) is 5. The third-order valence-corrected chi connectivity index (χ3v) is 3.71. The zero-order valence-corrected chi connectivity index (χ0v) is 13.3. The van der Waals surface area contributed by atoms with Crippen molar-refractivity contribution < 1.29 is 18.8 Å². The Balaban J connectivity index is 1.65. The SMILES string of the molecule is COCCNC(=O)Cc1cc(-c2ccc3c(c2)CC(C)O3)on1. The summed E-state index contributed by atoms with van der Waals surface area (Å²) in [5, 5.41) is 6.73. The van der Waals surface area contributed by atoms with Gasteiger partial charge in [-0.1, -0.05) is 5.16 Å². The molecule has 0 radical (unpaired) electrons. The van der Waals surface area contributed by atoms with Crippen LogP contribution in [0.1, 0.15) is 18.2 Å². The number of methoxy groups -OCH3 is 1. The van der Waals surface area contributed by atoms with Gasteiger partial charge in [0.1, 0.15) is 11.9 Å². The van der Waals surface area contributed by atoms with Gasteiger partial charge in [-0.3, -0.25) is 4.79 Å². The summed E-state index contributed by atoms with van der Waals surface area (Å²) in [6.07, 6.45) is 1.30. The van der Waals surface area contributed by atoms with E-state index in [0.29, 0.717) is 24.6 Å². The fourth-order valence-corrected chi connectivity index (χ4v) is 2.63. The van der Waals surface area contributed by atoms with Crippen molar-refractivity contribution in [1.82, 2.24) is 10.5 Å². The maximum atomic E-state index is 11.8. The third kappa shape index (κ3) is 3.71. The molecule has 6 heteroatoms. The molecule has 1 aliphatic heterocycles. The first-order valence-corrected chi connectivity index (χ1v) is 7.67. The number of ether oxygens (including phenoxy) is 2. The lowest BCUT2D eigenvalue weighted by Crippen LogP contribution is -2.28. The van der Waals surface area contributed by atoms with Gasteiger partial charge >= 0.3 is 0 Å². The fourth-order valence-electron chi connectivity index (χ4n) is 2.63. The molecule has 1 aromatic carbocycles. The molecule has 122 valence electrons. The summed E-state index contributed by atoms with van der Waals surface area (Å²) in [7, 11) is 1.60. The average Bonchev–Trinajstić information content (AvgIpc) is 3.12. The van der Waals surface area contributed by atoms with Crippen molar-refractivity contribution in [3.63, 3.8) is 0 Å². The predicted molar refractivity (Wildman–Crippen MR) is 84.3 cm³/mol. The molecule has 3 rings (SSSR count). The van der Waals surface area contributed by atoms with E-state index in [4.69, 9.17) is 14.0 Å². The molecule has 1 unspecified atom stereocenters. The molecule has 0 saturated carbocycles. The second kappa shape index (κ2) is 6.83. The fraction of sp³-hybridized carbons (Fsp3) is 0.412. The molecule has 0 aliphatic carbocycles. The number of carbonyl (C=O) groups is 1. The second-order valence-electron chi connectivity index (χ2n) is 5.66. The monoisotopic (exact) mass is 316 g/mol. The molecule has 1 amide bonds. The van der Waals surface area contributed by atoms with E-state index in [1.165, 1.54) is 5.56 Å². The molecule has 1 atom stereocenters. The minimum absolute atomic E-state index is 0.0990. The lowest BCUT2D eigenvalue weighted by molar-refractivity contribution is -0.120. The number of carbonyl (C=O) groups excluding carboxylic acids is 1. The Morgan fingerprint density at radius 1 is 1.43 bits per heavy atom. The van der Waals surface area contributed by atoms with Crippen LogP contribution in [0.4, 0.5) is 0 Å². The Labute approximate surface area is 134 Å². The van der Waals surface area contributed by atoms with Crippen LogP contribution in [0.5, 0.6) is 5.75 Å². The van der Waals surface area contributed by atoms with Crippen molar-refractivity contribution in [2.24, 2.45) is 0 Å². The number of nitrogens with zero attached hydrogens (tertiary/aromatic N) is 1. The van der Waals surface area contributed by atoms with Crippen LogP contribution in [-0.4, -0.2) is 37.4 Å². The lowest BCUT2D eigenvalue weighted by atomic mass is 10.1. The lowest BCUT2D eigenvalue weighted by Gasteiger charge is -2.02. The number of hydrogen-bond donors (Lipinski definition) is 1. The Kier molecular flexibility index (Phi) is 4.62. The van der Waals surface area contributed by atoms with Gasteiger partial charge in [0.25, 0.3) is 0 Å². The standard InChI is InChI=1S/C17H20N2O4/c1-11-7-13-8-12(3-4-15(13)22-11)16-9-14(19-23-16)10-17(20)18-5-6-21-2/h3-4,8-9,11H,5-7,10H2,1-2H3,(H,18,20). The summed E-state index contributed by atoms with van der Waals surface area (Å²) < 4.78 is 16.0. The average molecular weight is 316 g/mol. The number of benzene rings is 1. The molecule has 1 aliphatic rings. The van der Waals surface area contributed by atoms with Gasteiger partial charge < -0.3 is 19.3 Å². The highest BCUT2D eigenvalue weighted by Crippen LogP contribution is 2.33. The van der Waals surface area contributed by atoms with Crippen molar-refractivity contribution >= 4 is 5.91 Å². The van der Waals surface area contributed by atoms with Crippen molar-refractivity contribution in [3.05, 3.63) is 35.5 Å². The van der Waals surface area contributed by atoms with Gasteiger partial charge in [-0.15, -0.1) is 0 Å². The predicted octanol–water partition coefficient (Wildman–Crippen LogP) is 1.97. The summed E-state index contributed by atoms with van der Waals surface area (Å²) >= 11 is 0. The Morgan fingerprint density at radius 2 is 2.30 bits per heavy atom. The minimum Gasteiger partial charge on any atom is -0.490 e. The van der Waals surface area contributed by atoms with Crippen LogP contribution in [0, 0.1) is 0 Å². The molecule has 2 aromatic rings. The number of amides is 1. The maximum Gasteiger partial charge on any atom is 0.226 e. The molecule has 23 heavy (non-hydrogen) atoms. The van der Waals surface area contributed by atoms with E-state index >= 15 is 0 Å². The van der Waals surface area contributed by atoms with Gasteiger partial charge in [0.05, 0.1) is 18.7 Å². The van der Waals surface area contributed by atoms with Crippen molar-refractivity contribution in [1.29, 1.82) is 0 Å². The number of aromatic nitrogens is 1. The molecule has 6 nitrogen and oxygen atoms in total. The van der Waals surface area contributed by atoms with Crippen LogP contribution in [0.25, 0.3) is 11.3 Å². The van der Waals surface area contributed by atoms with Crippen molar-refractivity contribution in [3.8, 4) is 17.1 Å². The Morgan fingerprint density at radius 3 is 3.13 bits per heavy atom. The molecular formula is C17H20N2O4. The summed E-state index contributed by atoms with van der Waals surface area (Å²) in [5.41, 5.74) is 2.73. The summed E-state index contributed by atoms with van der Waals surface area (Å²) in [6, 6.07) is 7.76. The number of fused-ring (bicyclic) bond motifs is 1. The molecule has 0 spiro atoms. The van der Waals surface area contributed by atoms with Crippen LogP contribution in [-0.2, 0) is 22.4 Å². The quantitative estimate of drug-likeness (QED) is 0.825. The van der Waals surface area contributed by atoms with E-state index in [1.54, 1.807) is 13.2 Å². The van der Waals surface area contributed by atoms with Gasteiger partial charge in [0.15, 0.2) is 5.76 Å². The second-order valence-corrected chi connectivity index (χ2v) is 5.66. The normalized spacial score (nSPS) is 16.0. The van der Waals surface area contributed by atoms with E-state index in [1.807, 2.05) is 12.1 Å². The van der Waals surface area contributed by atoms with E-state index in [2.05, 4.69) is 23.5 Å². The topological polar surface area (TPSA) is 73.6 Å². The Hall–Kier alpha value is -2.34. The molecule has 0 bridgehead atoms. The Bertz CT molecular complexity index is 696. The van der Waals surface area contributed by atoms with Gasteiger partial charge in [-0.2, -0.15) is 0 Å². The highest BCUT2D eigenvalue weighted by molar-refractivity contribution is 5.78. The van der Waals surface area contributed by atoms with Gasteiger partial charge in [-0.25, -0.2) is 0 Å². The zero-order valence-electron chi connectivity index (χ0n) is 13.3. The molecule has 2 heterocycles. The molecule has 0 saturated heterocycles. The zero-order chi connectivity index (χ0) is 16.2. The highest BCUT2D eigenvalue weighted by Gasteiger charge is 2.20. The van der Waals surface area contributed by atoms with Crippen LogP contribution in [0.2, 0.25) is 0 Å². The third-order valence-electron chi connectivity index (χ3n) is 3.71. The van der Waals surface area contributed by atoms with Crippen molar-refractivity contribution in [2.75, 3.05) is 20.3 Å². The first-order valence-electron chi connectivity index (χ1n) is 7.67. The largest absolute Gasteiger partial charge is 0.490 e. The van der Waals surface area contributed by atoms with E-state index in [9.17, 15) is 4.79 Å². The summed E-state index contributed by atoms with van der Waals surface area (Å²) in [6.45, 7) is 3.03. The summed E-state index contributed by atoms with van der Waals surface area (Å²) in [4.78, 5) is 11.8. The van der Waals surface area contributed by atoms with Crippen LogP contribution < -0.4 is 10.1 Å². The number of rotatable bonds is 6. The van der Waals surface area contributed by atoms with E-state index in [0.717, 1.165) is 17.7 Å². The van der Waals surface area contributed by atoms with Crippen molar-refractivity contribution in [2.45, 2.75) is 25.9 Å². The van der Waals surface area contributed by atoms with Crippen LogP contribution in [0.3, 0.4) is 0 Å². The maximum absolute atomic E-state index is 11.8. The minimum atomic E-state index is -0.0990. The van der Waals surface area contributed by atoms with Gasteiger partial charge in [0.2, 0.25) is 5.91 Å². The highest BCUT2D eigenvalue weighted by atomic mass is 16.5. The first-order chi connectivity index (χ1) is 11.2. The molecular weight excluding hydrogens is 296 g/mol. The van der Waals surface area contributed by atoms with Gasteiger partial charge in [-0.05, 0) is 30.7 Å². The molecule has 0 fully saturated rings. The van der Waals surface area contributed by atoms with E-state index in [-0.39, 0.29) is 18.4 Å². The molecule has 1 N–H and O–H groups in total.